The third kappa shape index (κ3) is 2.21. The lowest BCUT2D eigenvalue weighted by Gasteiger charge is -2.08. The predicted molar refractivity (Wildman–Crippen MR) is 64.5 cm³/mol. The number of rotatable bonds is 3. The fourth-order valence-corrected chi connectivity index (χ4v) is 1.91. The Morgan fingerprint density at radius 1 is 1.59 bits per heavy atom. The van der Waals surface area contributed by atoms with Crippen molar-refractivity contribution in [2.24, 2.45) is 0 Å². The Balaban J connectivity index is 2.31. The van der Waals surface area contributed by atoms with Gasteiger partial charge in [-0.2, -0.15) is 0 Å². The molecule has 8 heteroatoms. The van der Waals surface area contributed by atoms with Crippen LogP contribution in [0.15, 0.2) is 12.7 Å². The van der Waals surface area contributed by atoms with Crippen LogP contribution in [0.2, 0.25) is 0 Å². The van der Waals surface area contributed by atoms with E-state index in [-0.39, 0.29) is 5.97 Å². The summed E-state index contributed by atoms with van der Waals surface area (Å²) in [7, 11) is 1.34. The first kappa shape index (κ1) is 11.8. The zero-order valence-electron chi connectivity index (χ0n) is 9.00. The molecule has 0 fully saturated rings. The Kier molecular flexibility index (Phi) is 3.23. The summed E-state index contributed by atoms with van der Waals surface area (Å²) in [5.74, 6) is -0.0354. The summed E-state index contributed by atoms with van der Waals surface area (Å²) in [5.41, 5.74) is 6.77. The summed E-state index contributed by atoms with van der Waals surface area (Å²) < 4.78 is 6.33. The maximum atomic E-state index is 11.3. The van der Waals surface area contributed by atoms with E-state index in [4.69, 9.17) is 5.73 Å². The Bertz CT molecular complexity index is 555. The maximum Gasteiger partial charge on any atom is 0.321 e. The molecule has 1 unspecified atom stereocenters. The van der Waals surface area contributed by atoms with Gasteiger partial charge in [0.25, 0.3) is 0 Å². The number of nitrogens with zero attached hydrogens (tertiary/aromatic N) is 4. The number of nitrogens with two attached hydrogens (primary N) is 1. The summed E-state index contributed by atoms with van der Waals surface area (Å²) in [6, 6.07) is 0. The molecule has 0 aliphatic rings. The number of hydrogen-bond donors (Lipinski definition) is 1. The number of aromatic nitrogens is 4. The highest BCUT2D eigenvalue weighted by Gasteiger charge is 2.18. The second-order valence-electron chi connectivity index (χ2n) is 3.32. The normalized spacial score (nSPS) is 12.6. The lowest BCUT2D eigenvalue weighted by Crippen LogP contribution is -2.21. The molecular formula is C9H10BrN5O2. The highest BCUT2D eigenvalue weighted by atomic mass is 79.9. The van der Waals surface area contributed by atoms with Gasteiger partial charge in [0.2, 0.25) is 0 Å². The second-order valence-corrected chi connectivity index (χ2v) is 4.42. The van der Waals surface area contributed by atoms with Crippen LogP contribution in [0.3, 0.4) is 0 Å². The Morgan fingerprint density at radius 3 is 3.06 bits per heavy atom. The Morgan fingerprint density at radius 2 is 2.35 bits per heavy atom. The molecule has 17 heavy (non-hydrogen) atoms. The minimum absolute atomic E-state index is 0.318. The lowest BCUT2D eigenvalue weighted by atomic mass is 10.4. The molecule has 7 nitrogen and oxygen atoms in total. The van der Waals surface area contributed by atoms with Crippen LogP contribution in [-0.4, -0.2) is 37.4 Å². The van der Waals surface area contributed by atoms with Gasteiger partial charge in [-0.05, 0) is 0 Å². The Hall–Kier alpha value is -1.70. The first-order valence-electron chi connectivity index (χ1n) is 4.76. The van der Waals surface area contributed by atoms with Crippen molar-refractivity contribution in [2.75, 3.05) is 12.8 Å². The van der Waals surface area contributed by atoms with Gasteiger partial charge in [0.1, 0.15) is 16.7 Å². The van der Waals surface area contributed by atoms with E-state index >= 15 is 0 Å². The van der Waals surface area contributed by atoms with E-state index in [1.807, 2.05) is 0 Å². The number of anilines is 1. The number of halogens is 1. The molecule has 2 heterocycles. The smallest absolute Gasteiger partial charge is 0.321 e. The van der Waals surface area contributed by atoms with E-state index < -0.39 is 4.83 Å². The third-order valence-corrected chi connectivity index (χ3v) is 2.91. The van der Waals surface area contributed by atoms with Gasteiger partial charge in [-0.15, -0.1) is 0 Å². The fourth-order valence-electron chi connectivity index (χ4n) is 1.41. The van der Waals surface area contributed by atoms with Crippen molar-refractivity contribution >= 4 is 38.9 Å². The molecule has 0 bridgehead atoms. The zero-order valence-corrected chi connectivity index (χ0v) is 10.6. The second kappa shape index (κ2) is 4.66. The standard InChI is InChI=1S/C9H10BrN5O2/c1-17-9(16)5(10)2-15-4-14-6-7(11)12-3-13-8(6)15/h3-5H,2H2,1H3,(H2,11,12,13). The molecule has 0 aliphatic carbocycles. The SMILES string of the molecule is COC(=O)C(Br)Cn1cnc2c(N)ncnc21. The average molecular weight is 300 g/mol. The largest absolute Gasteiger partial charge is 0.468 e. The number of carbonyl (C=O) groups excluding carboxylic acids is 1. The van der Waals surface area contributed by atoms with Gasteiger partial charge in [-0.25, -0.2) is 15.0 Å². The molecule has 2 N–H and O–H groups in total. The number of esters is 1. The molecule has 2 aromatic heterocycles. The van der Waals surface area contributed by atoms with Crippen molar-refractivity contribution in [3.05, 3.63) is 12.7 Å². The number of nitrogen functional groups attached to an aromatic ring is 1. The molecule has 0 saturated heterocycles. The van der Waals surface area contributed by atoms with Crippen LogP contribution < -0.4 is 5.73 Å². The number of methoxy groups -OCH3 is 1. The van der Waals surface area contributed by atoms with Crippen molar-refractivity contribution in [3.63, 3.8) is 0 Å². The topological polar surface area (TPSA) is 95.9 Å². The maximum absolute atomic E-state index is 11.3. The molecule has 0 aromatic carbocycles. The number of hydrogen-bond acceptors (Lipinski definition) is 6. The number of fused-ring (bicyclic) bond motifs is 1. The number of imidazole rings is 1. The minimum atomic E-state index is -0.457. The van der Waals surface area contributed by atoms with Gasteiger partial charge < -0.3 is 15.0 Å². The highest BCUT2D eigenvalue weighted by molar-refractivity contribution is 9.10. The van der Waals surface area contributed by atoms with E-state index in [1.54, 1.807) is 10.9 Å². The summed E-state index contributed by atoms with van der Waals surface area (Å²) >= 11 is 3.23. The van der Waals surface area contributed by atoms with Crippen LogP contribution in [0.25, 0.3) is 11.2 Å². The quantitative estimate of drug-likeness (QED) is 0.649. The monoisotopic (exact) mass is 299 g/mol. The zero-order chi connectivity index (χ0) is 12.4. The van der Waals surface area contributed by atoms with Gasteiger partial charge >= 0.3 is 5.97 Å². The van der Waals surface area contributed by atoms with Crippen molar-refractivity contribution in [1.29, 1.82) is 0 Å². The van der Waals surface area contributed by atoms with Crippen LogP contribution in [-0.2, 0) is 16.1 Å². The van der Waals surface area contributed by atoms with E-state index in [0.29, 0.717) is 23.5 Å². The molecule has 0 aliphatic heterocycles. The predicted octanol–water partition coefficient (Wildman–Crippen LogP) is 0.345. The van der Waals surface area contributed by atoms with E-state index in [1.165, 1.54) is 13.4 Å². The molecule has 1 atom stereocenters. The molecule has 2 rings (SSSR count). The van der Waals surface area contributed by atoms with Crippen LogP contribution in [0, 0.1) is 0 Å². The van der Waals surface area contributed by atoms with Crippen molar-refractivity contribution < 1.29 is 9.53 Å². The Labute approximate surface area is 105 Å². The van der Waals surface area contributed by atoms with Crippen molar-refractivity contribution in [2.45, 2.75) is 11.4 Å². The first-order chi connectivity index (χ1) is 8.13. The van der Waals surface area contributed by atoms with E-state index in [0.717, 1.165) is 0 Å². The molecule has 0 saturated carbocycles. The van der Waals surface area contributed by atoms with Crippen LogP contribution in [0.1, 0.15) is 0 Å². The summed E-state index contributed by atoms with van der Waals surface area (Å²) in [5, 5.41) is 0. The summed E-state index contributed by atoms with van der Waals surface area (Å²) in [6.45, 7) is 0.361. The van der Waals surface area contributed by atoms with Crippen LogP contribution in [0.4, 0.5) is 5.82 Å². The lowest BCUT2D eigenvalue weighted by molar-refractivity contribution is -0.140. The van der Waals surface area contributed by atoms with Gasteiger partial charge in [0, 0.05) is 6.54 Å². The molecule has 0 spiro atoms. The first-order valence-corrected chi connectivity index (χ1v) is 5.68. The van der Waals surface area contributed by atoms with Crippen LogP contribution >= 0.6 is 15.9 Å². The van der Waals surface area contributed by atoms with Crippen LogP contribution in [0.5, 0.6) is 0 Å². The molecule has 0 amide bonds. The van der Waals surface area contributed by atoms with Gasteiger partial charge in [-0.3, -0.25) is 4.79 Å². The number of carbonyl (C=O) groups is 1. The van der Waals surface area contributed by atoms with E-state index in [2.05, 4.69) is 35.6 Å². The molecule has 90 valence electrons. The minimum Gasteiger partial charge on any atom is -0.468 e. The van der Waals surface area contributed by atoms with E-state index in [9.17, 15) is 4.79 Å². The summed E-state index contributed by atoms with van der Waals surface area (Å²) in [4.78, 5) is 22.8. The fraction of sp³-hybridized carbons (Fsp3) is 0.333. The average Bonchev–Trinajstić information content (AvgIpc) is 2.73. The molecule has 0 radical (unpaired) electrons. The molecular weight excluding hydrogens is 290 g/mol. The number of ether oxygens (including phenoxy) is 1. The van der Waals surface area contributed by atoms with Gasteiger partial charge in [0.05, 0.1) is 13.4 Å². The van der Waals surface area contributed by atoms with Gasteiger partial charge in [-0.1, -0.05) is 15.9 Å². The summed E-state index contributed by atoms with van der Waals surface area (Å²) in [6.07, 6.45) is 2.92. The molecule has 2 aromatic rings. The number of alkyl halides is 1. The highest BCUT2D eigenvalue weighted by Crippen LogP contribution is 2.16. The third-order valence-electron chi connectivity index (χ3n) is 2.24. The van der Waals surface area contributed by atoms with Crippen molar-refractivity contribution in [1.82, 2.24) is 19.5 Å². The van der Waals surface area contributed by atoms with Crippen molar-refractivity contribution in [3.8, 4) is 0 Å². The van der Waals surface area contributed by atoms with Gasteiger partial charge in [0.15, 0.2) is 11.5 Å².